The summed E-state index contributed by atoms with van der Waals surface area (Å²) in [6.45, 7) is 7.58. The lowest BCUT2D eigenvalue weighted by Crippen LogP contribution is -2.30. The summed E-state index contributed by atoms with van der Waals surface area (Å²) in [6.07, 6.45) is 5.67. The monoisotopic (exact) mass is 247 g/mol. The maximum atomic E-state index is 4.61. The van der Waals surface area contributed by atoms with Gasteiger partial charge in [0.25, 0.3) is 0 Å². The van der Waals surface area contributed by atoms with Crippen LogP contribution in [0.25, 0.3) is 5.65 Å². The maximum absolute atomic E-state index is 4.61. The number of rotatable bonds is 3. The molecule has 0 aromatic carbocycles. The third-order valence-corrected chi connectivity index (χ3v) is 2.69. The van der Waals surface area contributed by atoms with Crippen LogP contribution in [-0.2, 0) is 0 Å². The summed E-state index contributed by atoms with van der Waals surface area (Å²) < 4.78 is 1.99. The highest BCUT2D eigenvalue weighted by atomic mass is 15.2. The zero-order valence-electron chi connectivity index (χ0n) is 11.7. The lowest BCUT2D eigenvalue weighted by atomic mass is 9.96. The predicted octanol–water partition coefficient (Wildman–Crippen LogP) is 2.25. The summed E-state index contributed by atoms with van der Waals surface area (Å²) in [7, 11) is 3.93. The number of hydrogen-bond donors (Lipinski definition) is 1. The van der Waals surface area contributed by atoms with Crippen molar-refractivity contribution in [2.45, 2.75) is 20.8 Å². The molecular weight excluding hydrogens is 226 g/mol. The van der Waals surface area contributed by atoms with Gasteiger partial charge in [-0.2, -0.15) is 0 Å². The van der Waals surface area contributed by atoms with Gasteiger partial charge in [-0.25, -0.2) is 9.97 Å². The first-order valence-corrected chi connectivity index (χ1v) is 6.13. The van der Waals surface area contributed by atoms with E-state index in [1.165, 1.54) is 0 Å². The van der Waals surface area contributed by atoms with Gasteiger partial charge in [0.05, 0.1) is 6.20 Å². The fourth-order valence-electron chi connectivity index (χ4n) is 2.08. The minimum absolute atomic E-state index is 0.218. The third kappa shape index (κ3) is 2.55. The smallest absolute Gasteiger partial charge is 0.180 e. The molecule has 2 rings (SSSR count). The average Bonchev–Trinajstić information content (AvgIpc) is 2.72. The molecule has 0 saturated heterocycles. The van der Waals surface area contributed by atoms with Crippen LogP contribution in [-0.4, -0.2) is 35.0 Å². The van der Waals surface area contributed by atoms with Crippen molar-refractivity contribution in [1.82, 2.24) is 14.4 Å². The van der Waals surface area contributed by atoms with Gasteiger partial charge in [-0.3, -0.25) is 0 Å². The van der Waals surface area contributed by atoms with Crippen molar-refractivity contribution in [3.05, 3.63) is 18.6 Å². The Bertz CT molecular complexity index is 538. The number of imidazole rings is 1. The first-order valence-electron chi connectivity index (χ1n) is 6.13. The van der Waals surface area contributed by atoms with Crippen LogP contribution in [0.15, 0.2) is 18.6 Å². The molecule has 0 atom stereocenters. The van der Waals surface area contributed by atoms with Crippen LogP contribution in [0.2, 0.25) is 0 Å². The van der Waals surface area contributed by atoms with Gasteiger partial charge in [0.1, 0.15) is 5.82 Å². The molecule has 2 aromatic heterocycles. The van der Waals surface area contributed by atoms with Crippen LogP contribution in [0, 0.1) is 5.41 Å². The van der Waals surface area contributed by atoms with E-state index < -0.39 is 0 Å². The van der Waals surface area contributed by atoms with E-state index in [4.69, 9.17) is 0 Å². The molecule has 0 fully saturated rings. The van der Waals surface area contributed by atoms with E-state index in [9.17, 15) is 0 Å². The molecule has 0 bridgehead atoms. The van der Waals surface area contributed by atoms with Crippen LogP contribution in [0.4, 0.5) is 11.6 Å². The van der Waals surface area contributed by atoms with Crippen molar-refractivity contribution in [2.24, 2.45) is 5.41 Å². The molecule has 1 N–H and O–H groups in total. The minimum Gasteiger partial charge on any atom is -0.372 e. The molecule has 2 heterocycles. The number of fused-ring (bicyclic) bond motifs is 1. The second-order valence-electron chi connectivity index (χ2n) is 5.77. The molecule has 18 heavy (non-hydrogen) atoms. The van der Waals surface area contributed by atoms with Crippen molar-refractivity contribution in [1.29, 1.82) is 0 Å². The Labute approximate surface area is 108 Å². The van der Waals surface area contributed by atoms with E-state index in [-0.39, 0.29) is 5.41 Å². The second kappa shape index (κ2) is 4.48. The van der Waals surface area contributed by atoms with Crippen molar-refractivity contribution in [3.63, 3.8) is 0 Å². The zero-order chi connectivity index (χ0) is 13.3. The summed E-state index contributed by atoms with van der Waals surface area (Å²) in [4.78, 5) is 11.1. The number of hydrogen-bond acceptors (Lipinski definition) is 4. The van der Waals surface area contributed by atoms with Crippen LogP contribution < -0.4 is 10.2 Å². The Kier molecular flexibility index (Phi) is 3.15. The van der Waals surface area contributed by atoms with Crippen LogP contribution in [0.3, 0.4) is 0 Å². The number of nitrogens with one attached hydrogen (secondary N) is 1. The Morgan fingerprint density at radius 1 is 1.39 bits per heavy atom. The molecule has 2 aromatic rings. The van der Waals surface area contributed by atoms with Gasteiger partial charge in [-0.05, 0) is 5.41 Å². The summed E-state index contributed by atoms with van der Waals surface area (Å²) in [5, 5.41) is 3.08. The van der Waals surface area contributed by atoms with Crippen molar-refractivity contribution in [3.8, 4) is 0 Å². The number of anilines is 2. The van der Waals surface area contributed by atoms with Gasteiger partial charge < -0.3 is 14.6 Å². The number of aromatic nitrogens is 3. The lowest BCUT2D eigenvalue weighted by molar-refractivity contribution is 0.418. The molecule has 5 heteroatoms. The Morgan fingerprint density at radius 3 is 2.72 bits per heavy atom. The van der Waals surface area contributed by atoms with Crippen LogP contribution >= 0.6 is 0 Å². The zero-order valence-corrected chi connectivity index (χ0v) is 11.7. The molecule has 0 saturated carbocycles. The van der Waals surface area contributed by atoms with E-state index in [1.54, 1.807) is 6.20 Å². The van der Waals surface area contributed by atoms with Gasteiger partial charge in [-0.15, -0.1) is 0 Å². The topological polar surface area (TPSA) is 45.5 Å². The quantitative estimate of drug-likeness (QED) is 0.903. The van der Waals surface area contributed by atoms with E-state index in [0.717, 1.165) is 23.8 Å². The summed E-state index contributed by atoms with van der Waals surface area (Å²) in [5.74, 6) is 1.75. The first kappa shape index (κ1) is 12.7. The molecule has 98 valence electrons. The highest BCUT2D eigenvalue weighted by Crippen LogP contribution is 2.23. The molecule has 0 radical (unpaired) electrons. The molecule has 5 nitrogen and oxygen atoms in total. The molecule has 0 amide bonds. The van der Waals surface area contributed by atoms with Crippen LogP contribution in [0.5, 0.6) is 0 Å². The fourth-order valence-corrected chi connectivity index (χ4v) is 2.08. The van der Waals surface area contributed by atoms with Gasteiger partial charge in [0.15, 0.2) is 11.5 Å². The van der Waals surface area contributed by atoms with E-state index in [1.807, 2.05) is 23.8 Å². The van der Waals surface area contributed by atoms with Gasteiger partial charge in [0.2, 0.25) is 0 Å². The number of nitrogens with zero attached hydrogens (tertiary/aromatic N) is 4. The largest absolute Gasteiger partial charge is 0.372 e. The molecular formula is C13H21N5. The first-order chi connectivity index (χ1) is 8.40. The molecule has 0 aliphatic rings. The standard InChI is InChI=1S/C13H21N5/c1-13(2,3)9-17(5)12-11-15-6-7-18(11)8-10(14-4)16-12/h6-8,14H,9H2,1-5H3. The van der Waals surface area contributed by atoms with Gasteiger partial charge >= 0.3 is 0 Å². The normalized spacial score (nSPS) is 11.8. The van der Waals surface area contributed by atoms with E-state index in [2.05, 4.69) is 48.0 Å². The molecule has 0 unspecified atom stereocenters. The molecule has 0 aliphatic carbocycles. The van der Waals surface area contributed by atoms with E-state index in [0.29, 0.717) is 0 Å². The Morgan fingerprint density at radius 2 is 2.11 bits per heavy atom. The third-order valence-electron chi connectivity index (χ3n) is 2.69. The SMILES string of the molecule is CNc1cn2ccnc2c(N(C)CC(C)(C)C)n1. The van der Waals surface area contributed by atoms with Gasteiger partial charge in [-0.1, -0.05) is 20.8 Å². The summed E-state index contributed by atoms with van der Waals surface area (Å²) in [6, 6.07) is 0. The Hall–Kier alpha value is -1.78. The van der Waals surface area contributed by atoms with Crippen molar-refractivity contribution < 1.29 is 0 Å². The second-order valence-corrected chi connectivity index (χ2v) is 5.77. The van der Waals surface area contributed by atoms with Crippen molar-refractivity contribution in [2.75, 3.05) is 30.9 Å². The average molecular weight is 247 g/mol. The van der Waals surface area contributed by atoms with E-state index >= 15 is 0 Å². The van der Waals surface area contributed by atoms with Gasteiger partial charge in [0, 0.05) is 33.0 Å². The van der Waals surface area contributed by atoms with Crippen molar-refractivity contribution >= 4 is 17.3 Å². The highest BCUT2D eigenvalue weighted by Gasteiger charge is 2.18. The summed E-state index contributed by atoms with van der Waals surface area (Å²) >= 11 is 0. The lowest BCUT2D eigenvalue weighted by Gasteiger charge is -2.27. The molecule has 0 aliphatic heterocycles. The Balaban J connectivity index is 2.45. The minimum atomic E-state index is 0.218. The predicted molar refractivity (Wildman–Crippen MR) is 75.3 cm³/mol. The maximum Gasteiger partial charge on any atom is 0.180 e. The highest BCUT2D eigenvalue weighted by molar-refractivity contribution is 5.66. The van der Waals surface area contributed by atoms with Crippen LogP contribution in [0.1, 0.15) is 20.8 Å². The fraction of sp³-hybridized carbons (Fsp3) is 0.538. The summed E-state index contributed by atoms with van der Waals surface area (Å²) in [5.41, 5.74) is 1.11. The molecule has 0 spiro atoms.